The highest BCUT2D eigenvalue weighted by atomic mass is 16.6. The van der Waals surface area contributed by atoms with Crippen molar-refractivity contribution >= 4 is 11.8 Å². The quantitative estimate of drug-likeness (QED) is 0.621. The molecule has 0 radical (unpaired) electrons. The number of nitrogens with zero attached hydrogens (tertiary/aromatic N) is 2. The molecule has 0 spiro atoms. The van der Waals surface area contributed by atoms with E-state index in [9.17, 15) is 14.9 Å². The normalized spacial score (nSPS) is 11.9. The number of nitro benzene ring substituents is 1. The molecule has 6 heteroatoms. The van der Waals surface area contributed by atoms with Crippen molar-refractivity contribution in [3.8, 4) is 0 Å². The van der Waals surface area contributed by atoms with Crippen LogP contribution in [0.4, 0.5) is 10.5 Å². The Kier molecular flexibility index (Phi) is 5.17. The molecule has 0 aliphatic heterocycles. The van der Waals surface area contributed by atoms with Crippen molar-refractivity contribution in [1.29, 1.82) is 0 Å². The molecule has 0 saturated carbocycles. The molecule has 1 aromatic rings. The third-order valence-corrected chi connectivity index (χ3v) is 2.89. The standard InChI is InChI=1S/C16H24N2O4/c1-15(2,3)17(14(19)22-16(4,5)6)11-12-8-7-9-13(10-12)18(20)21/h7-10H,11H2,1-6H3. The molecule has 1 aromatic carbocycles. The topological polar surface area (TPSA) is 72.7 Å². The van der Waals surface area contributed by atoms with Crippen LogP contribution in [0.3, 0.4) is 0 Å². The van der Waals surface area contributed by atoms with E-state index in [0.29, 0.717) is 5.56 Å². The Morgan fingerprint density at radius 3 is 2.27 bits per heavy atom. The first-order chi connectivity index (χ1) is 9.90. The van der Waals surface area contributed by atoms with Gasteiger partial charge in [-0.05, 0) is 47.1 Å². The van der Waals surface area contributed by atoms with Gasteiger partial charge in [0.2, 0.25) is 0 Å². The molecular weight excluding hydrogens is 284 g/mol. The predicted octanol–water partition coefficient (Wildman–Crippen LogP) is 4.13. The van der Waals surface area contributed by atoms with Gasteiger partial charge in [-0.3, -0.25) is 15.0 Å². The van der Waals surface area contributed by atoms with Gasteiger partial charge in [-0.15, -0.1) is 0 Å². The number of nitro groups is 1. The highest BCUT2D eigenvalue weighted by Gasteiger charge is 2.30. The Bertz CT molecular complexity index is 556. The number of carbonyl (C=O) groups is 1. The molecule has 0 saturated heterocycles. The number of non-ortho nitro benzene ring substituents is 1. The van der Waals surface area contributed by atoms with E-state index in [1.807, 2.05) is 20.8 Å². The monoisotopic (exact) mass is 308 g/mol. The Labute approximate surface area is 131 Å². The van der Waals surface area contributed by atoms with Gasteiger partial charge in [-0.1, -0.05) is 12.1 Å². The smallest absolute Gasteiger partial charge is 0.411 e. The van der Waals surface area contributed by atoms with E-state index in [2.05, 4.69) is 0 Å². The minimum absolute atomic E-state index is 0.00977. The van der Waals surface area contributed by atoms with Crippen LogP contribution in [-0.4, -0.2) is 27.1 Å². The molecule has 0 bridgehead atoms. The molecule has 0 aliphatic rings. The second-order valence-electron chi connectivity index (χ2n) is 7.16. The van der Waals surface area contributed by atoms with E-state index in [0.717, 1.165) is 0 Å². The van der Waals surface area contributed by atoms with Crippen LogP contribution >= 0.6 is 0 Å². The average molecular weight is 308 g/mol. The summed E-state index contributed by atoms with van der Waals surface area (Å²) in [4.78, 5) is 24.4. The molecule has 122 valence electrons. The molecular formula is C16H24N2O4. The number of carbonyl (C=O) groups excluding carboxylic acids is 1. The third-order valence-electron chi connectivity index (χ3n) is 2.89. The van der Waals surface area contributed by atoms with Gasteiger partial charge in [0.1, 0.15) is 5.60 Å². The van der Waals surface area contributed by atoms with Crippen molar-refractivity contribution in [2.45, 2.75) is 59.2 Å². The lowest BCUT2D eigenvalue weighted by Crippen LogP contribution is -2.47. The predicted molar refractivity (Wildman–Crippen MR) is 84.6 cm³/mol. The number of hydrogen-bond acceptors (Lipinski definition) is 4. The van der Waals surface area contributed by atoms with Crippen LogP contribution in [0.25, 0.3) is 0 Å². The lowest BCUT2D eigenvalue weighted by Gasteiger charge is -2.36. The zero-order valence-electron chi connectivity index (χ0n) is 14.0. The van der Waals surface area contributed by atoms with Crippen LogP contribution in [0.5, 0.6) is 0 Å². The second kappa shape index (κ2) is 6.34. The third kappa shape index (κ3) is 5.35. The van der Waals surface area contributed by atoms with Crippen LogP contribution in [0, 0.1) is 10.1 Å². The highest BCUT2D eigenvalue weighted by molar-refractivity contribution is 5.69. The fourth-order valence-corrected chi connectivity index (χ4v) is 1.84. The summed E-state index contributed by atoms with van der Waals surface area (Å²) in [5.41, 5.74) is -0.360. The summed E-state index contributed by atoms with van der Waals surface area (Å²) >= 11 is 0. The van der Waals surface area contributed by atoms with Crippen molar-refractivity contribution in [1.82, 2.24) is 4.90 Å². The van der Waals surface area contributed by atoms with E-state index in [1.165, 1.54) is 12.1 Å². The van der Waals surface area contributed by atoms with E-state index in [1.54, 1.807) is 37.8 Å². The van der Waals surface area contributed by atoms with Crippen molar-refractivity contribution in [2.24, 2.45) is 0 Å². The Morgan fingerprint density at radius 1 is 1.23 bits per heavy atom. The molecule has 0 atom stereocenters. The van der Waals surface area contributed by atoms with Gasteiger partial charge in [0.25, 0.3) is 5.69 Å². The maximum atomic E-state index is 12.4. The number of hydrogen-bond donors (Lipinski definition) is 0. The number of benzene rings is 1. The SMILES string of the molecule is CC(C)(C)OC(=O)N(Cc1cccc([N+](=O)[O-])c1)C(C)(C)C. The van der Waals surface area contributed by atoms with Gasteiger partial charge in [-0.2, -0.15) is 0 Å². The fourth-order valence-electron chi connectivity index (χ4n) is 1.84. The number of amides is 1. The Morgan fingerprint density at radius 2 is 1.82 bits per heavy atom. The molecule has 0 aliphatic carbocycles. The Balaban J connectivity index is 3.03. The summed E-state index contributed by atoms with van der Waals surface area (Å²) < 4.78 is 5.43. The molecule has 1 rings (SSSR count). The highest BCUT2D eigenvalue weighted by Crippen LogP contribution is 2.23. The van der Waals surface area contributed by atoms with Crippen molar-refractivity contribution in [3.05, 3.63) is 39.9 Å². The van der Waals surface area contributed by atoms with Crippen molar-refractivity contribution in [2.75, 3.05) is 0 Å². The molecule has 0 unspecified atom stereocenters. The van der Waals surface area contributed by atoms with Gasteiger partial charge in [0.05, 0.1) is 4.92 Å². The number of rotatable bonds is 3. The summed E-state index contributed by atoms with van der Waals surface area (Å²) in [6.45, 7) is 11.4. The summed E-state index contributed by atoms with van der Waals surface area (Å²) in [6, 6.07) is 6.28. The summed E-state index contributed by atoms with van der Waals surface area (Å²) in [5, 5.41) is 10.9. The summed E-state index contributed by atoms with van der Waals surface area (Å²) in [5.74, 6) is 0. The van der Waals surface area contributed by atoms with Crippen LogP contribution in [-0.2, 0) is 11.3 Å². The van der Waals surface area contributed by atoms with Gasteiger partial charge >= 0.3 is 6.09 Å². The summed E-state index contributed by atoms with van der Waals surface area (Å²) in [7, 11) is 0. The van der Waals surface area contributed by atoms with Crippen molar-refractivity contribution in [3.63, 3.8) is 0 Å². The van der Waals surface area contributed by atoms with Crippen LogP contribution < -0.4 is 0 Å². The maximum Gasteiger partial charge on any atom is 0.411 e. The van der Waals surface area contributed by atoms with Crippen molar-refractivity contribution < 1.29 is 14.5 Å². The largest absolute Gasteiger partial charge is 0.444 e. The number of ether oxygens (including phenoxy) is 1. The van der Waals surface area contributed by atoms with Gasteiger partial charge in [0, 0.05) is 24.2 Å². The van der Waals surface area contributed by atoms with E-state index in [-0.39, 0.29) is 12.2 Å². The van der Waals surface area contributed by atoms with Gasteiger partial charge < -0.3 is 4.74 Å². The van der Waals surface area contributed by atoms with E-state index < -0.39 is 22.2 Å². The molecule has 0 fully saturated rings. The lowest BCUT2D eigenvalue weighted by atomic mass is 10.0. The van der Waals surface area contributed by atoms with Crippen LogP contribution in [0.15, 0.2) is 24.3 Å². The molecule has 22 heavy (non-hydrogen) atoms. The van der Waals surface area contributed by atoms with E-state index in [4.69, 9.17) is 4.74 Å². The van der Waals surface area contributed by atoms with Gasteiger partial charge in [0.15, 0.2) is 0 Å². The molecule has 0 aromatic heterocycles. The lowest BCUT2D eigenvalue weighted by molar-refractivity contribution is -0.384. The van der Waals surface area contributed by atoms with Crippen LogP contribution in [0.1, 0.15) is 47.1 Å². The maximum absolute atomic E-state index is 12.4. The van der Waals surface area contributed by atoms with Crippen LogP contribution in [0.2, 0.25) is 0 Å². The second-order valence-corrected chi connectivity index (χ2v) is 7.16. The minimum Gasteiger partial charge on any atom is -0.444 e. The molecule has 0 heterocycles. The first-order valence-corrected chi connectivity index (χ1v) is 7.14. The zero-order chi connectivity index (χ0) is 17.1. The summed E-state index contributed by atoms with van der Waals surface area (Å²) in [6.07, 6.45) is -0.438. The molecule has 0 N–H and O–H groups in total. The first kappa shape index (κ1) is 17.9. The molecule has 1 amide bonds. The molecule has 6 nitrogen and oxygen atoms in total. The minimum atomic E-state index is -0.594. The zero-order valence-corrected chi connectivity index (χ0v) is 14.0. The average Bonchev–Trinajstić information content (AvgIpc) is 2.32. The van der Waals surface area contributed by atoms with E-state index >= 15 is 0 Å². The first-order valence-electron chi connectivity index (χ1n) is 7.14. The Hall–Kier alpha value is -2.11. The fraction of sp³-hybridized carbons (Fsp3) is 0.562. The van der Waals surface area contributed by atoms with Gasteiger partial charge in [-0.25, -0.2) is 4.79 Å².